The van der Waals surface area contributed by atoms with Gasteiger partial charge in [-0.15, -0.1) is 12.6 Å². The zero-order chi connectivity index (χ0) is 13.8. The molecule has 0 saturated heterocycles. The SMILES string of the molecule is COc1ccccc1N(C)C(=O)c1cccc(S)c1. The van der Waals surface area contributed by atoms with E-state index < -0.39 is 0 Å². The summed E-state index contributed by atoms with van der Waals surface area (Å²) in [6.45, 7) is 0. The van der Waals surface area contributed by atoms with Crippen molar-refractivity contribution in [2.45, 2.75) is 4.90 Å². The van der Waals surface area contributed by atoms with Gasteiger partial charge in [0.05, 0.1) is 12.8 Å². The van der Waals surface area contributed by atoms with E-state index in [0.717, 1.165) is 10.6 Å². The highest BCUT2D eigenvalue weighted by Gasteiger charge is 2.16. The van der Waals surface area contributed by atoms with Crippen LogP contribution in [0.2, 0.25) is 0 Å². The summed E-state index contributed by atoms with van der Waals surface area (Å²) >= 11 is 4.25. The molecule has 3 nitrogen and oxygen atoms in total. The predicted molar refractivity (Wildman–Crippen MR) is 79.4 cm³/mol. The summed E-state index contributed by atoms with van der Waals surface area (Å²) < 4.78 is 5.27. The molecule has 0 fully saturated rings. The molecule has 0 saturated carbocycles. The van der Waals surface area contributed by atoms with Crippen LogP contribution in [0.1, 0.15) is 10.4 Å². The molecule has 0 aliphatic heterocycles. The zero-order valence-corrected chi connectivity index (χ0v) is 11.7. The van der Waals surface area contributed by atoms with Gasteiger partial charge in [0.1, 0.15) is 5.75 Å². The van der Waals surface area contributed by atoms with Gasteiger partial charge in [-0.1, -0.05) is 18.2 Å². The largest absolute Gasteiger partial charge is 0.495 e. The third kappa shape index (κ3) is 2.90. The number of para-hydroxylation sites is 2. The Kier molecular flexibility index (Phi) is 4.12. The number of carbonyl (C=O) groups is 1. The van der Waals surface area contributed by atoms with E-state index in [0.29, 0.717) is 11.3 Å². The highest BCUT2D eigenvalue weighted by molar-refractivity contribution is 7.80. The first kappa shape index (κ1) is 13.5. The first-order valence-corrected chi connectivity index (χ1v) is 6.28. The van der Waals surface area contributed by atoms with Crippen molar-refractivity contribution < 1.29 is 9.53 Å². The highest BCUT2D eigenvalue weighted by Crippen LogP contribution is 2.27. The van der Waals surface area contributed by atoms with Crippen LogP contribution in [0, 0.1) is 0 Å². The smallest absolute Gasteiger partial charge is 0.258 e. The second-order valence-electron chi connectivity index (χ2n) is 4.09. The van der Waals surface area contributed by atoms with Crippen LogP contribution >= 0.6 is 12.6 Å². The van der Waals surface area contributed by atoms with Gasteiger partial charge in [-0.05, 0) is 30.3 Å². The van der Waals surface area contributed by atoms with Gasteiger partial charge in [-0.2, -0.15) is 0 Å². The molecule has 0 aromatic heterocycles. The van der Waals surface area contributed by atoms with Crippen LogP contribution in [0.15, 0.2) is 53.4 Å². The Bertz CT molecular complexity index is 598. The molecule has 2 aromatic carbocycles. The Labute approximate surface area is 118 Å². The molecular formula is C15H15NO2S. The lowest BCUT2D eigenvalue weighted by Crippen LogP contribution is -2.26. The van der Waals surface area contributed by atoms with Gasteiger partial charge in [0.15, 0.2) is 0 Å². The summed E-state index contributed by atoms with van der Waals surface area (Å²) in [5.74, 6) is 0.570. The topological polar surface area (TPSA) is 29.5 Å². The van der Waals surface area contributed by atoms with E-state index in [9.17, 15) is 4.79 Å². The minimum absolute atomic E-state index is 0.0969. The summed E-state index contributed by atoms with van der Waals surface area (Å²) in [5.41, 5.74) is 1.33. The number of benzene rings is 2. The Morgan fingerprint density at radius 3 is 2.58 bits per heavy atom. The number of ether oxygens (including phenoxy) is 1. The predicted octanol–water partition coefficient (Wildman–Crippen LogP) is 3.26. The average molecular weight is 273 g/mol. The van der Waals surface area contributed by atoms with Crippen LogP contribution < -0.4 is 9.64 Å². The van der Waals surface area contributed by atoms with E-state index in [-0.39, 0.29) is 5.91 Å². The molecule has 0 bridgehead atoms. The summed E-state index contributed by atoms with van der Waals surface area (Å²) in [5, 5.41) is 0. The average Bonchev–Trinajstić information content (AvgIpc) is 2.45. The van der Waals surface area contributed by atoms with E-state index in [1.165, 1.54) is 0 Å². The van der Waals surface area contributed by atoms with Gasteiger partial charge in [-0.25, -0.2) is 0 Å². The summed E-state index contributed by atoms with van der Waals surface area (Å²) in [6.07, 6.45) is 0. The number of nitrogens with zero attached hydrogens (tertiary/aromatic N) is 1. The Morgan fingerprint density at radius 1 is 1.16 bits per heavy atom. The standard InChI is InChI=1S/C15H15NO2S/c1-16(13-8-3-4-9-14(13)18-2)15(17)11-6-5-7-12(19)10-11/h3-10,19H,1-2H3. The normalized spacial score (nSPS) is 10.1. The fraction of sp³-hybridized carbons (Fsp3) is 0.133. The van der Waals surface area contributed by atoms with Crippen LogP contribution in [0.3, 0.4) is 0 Å². The fourth-order valence-electron chi connectivity index (χ4n) is 1.85. The van der Waals surface area contributed by atoms with Gasteiger partial charge >= 0.3 is 0 Å². The van der Waals surface area contributed by atoms with E-state index in [1.807, 2.05) is 36.4 Å². The lowest BCUT2D eigenvalue weighted by molar-refractivity contribution is 0.0992. The molecule has 2 aromatic rings. The summed E-state index contributed by atoms with van der Waals surface area (Å²) in [6, 6.07) is 14.6. The number of hydrogen-bond donors (Lipinski definition) is 1. The fourth-order valence-corrected chi connectivity index (χ4v) is 2.07. The quantitative estimate of drug-likeness (QED) is 0.870. The molecule has 0 atom stereocenters. The monoisotopic (exact) mass is 273 g/mol. The van der Waals surface area contributed by atoms with Gasteiger partial charge in [-0.3, -0.25) is 4.79 Å². The Morgan fingerprint density at radius 2 is 1.89 bits per heavy atom. The Balaban J connectivity index is 2.33. The molecule has 0 aliphatic carbocycles. The van der Waals surface area contributed by atoms with Crippen molar-refractivity contribution in [2.75, 3.05) is 19.1 Å². The molecule has 0 spiro atoms. The first-order chi connectivity index (χ1) is 9.13. The number of anilines is 1. The Hall–Kier alpha value is -1.94. The molecule has 98 valence electrons. The maximum atomic E-state index is 12.4. The molecule has 0 aliphatic rings. The van der Waals surface area contributed by atoms with Crippen molar-refractivity contribution >= 4 is 24.2 Å². The van der Waals surface area contributed by atoms with Crippen molar-refractivity contribution in [1.29, 1.82) is 0 Å². The molecule has 2 rings (SSSR count). The highest BCUT2D eigenvalue weighted by atomic mass is 32.1. The van der Waals surface area contributed by atoms with Gasteiger partial charge in [0.25, 0.3) is 5.91 Å². The molecule has 0 unspecified atom stereocenters. The van der Waals surface area contributed by atoms with Crippen LogP contribution in [0.25, 0.3) is 0 Å². The van der Waals surface area contributed by atoms with Crippen molar-refractivity contribution in [3.8, 4) is 5.75 Å². The number of amides is 1. The third-order valence-corrected chi connectivity index (χ3v) is 3.12. The van der Waals surface area contributed by atoms with Crippen LogP contribution in [-0.2, 0) is 0 Å². The minimum Gasteiger partial charge on any atom is -0.495 e. The van der Waals surface area contributed by atoms with Gasteiger partial charge < -0.3 is 9.64 Å². The number of thiol groups is 1. The van der Waals surface area contributed by atoms with Crippen molar-refractivity contribution in [3.05, 3.63) is 54.1 Å². The van der Waals surface area contributed by atoms with Crippen LogP contribution in [-0.4, -0.2) is 20.1 Å². The second kappa shape index (κ2) is 5.80. The van der Waals surface area contributed by atoms with E-state index in [2.05, 4.69) is 12.6 Å². The number of carbonyl (C=O) groups excluding carboxylic acids is 1. The second-order valence-corrected chi connectivity index (χ2v) is 4.60. The van der Waals surface area contributed by atoms with Crippen molar-refractivity contribution in [2.24, 2.45) is 0 Å². The molecule has 19 heavy (non-hydrogen) atoms. The van der Waals surface area contributed by atoms with Gasteiger partial charge in [0, 0.05) is 17.5 Å². The molecule has 0 heterocycles. The molecule has 0 N–H and O–H groups in total. The van der Waals surface area contributed by atoms with Crippen LogP contribution in [0.4, 0.5) is 5.69 Å². The zero-order valence-electron chi connectivity index (χ0n) is 10.8. The van der Waals surface area contributed by atoms with Crippen molar-refractivity contribution in [1.82, 2.24) is 0 Å². The van der Waals surface area contributed by atoms with E-state index in [1.54, 1.807) is 31.2 Å². The first-order valence-electron chi connectivity index (χ1n) is 5.83. The maximum Gasteiger partial charge on any atom is 0.258 e. The molecule has 1 amide bonds. The van der Waals surface area contributed by atoms with Crippen LogP contribution in [0.5, 0.6) is 5.75 Å². The third-order valence-electron chi connectivity index (χ3n) is 2.84. The van der Waals surface area contributed by atoms with E-state index >= 15 is 0 Å². The maximum absolute atomic E-state index is 12.4. The minimum atomic E-state index is -0.0969. The van der Waals surface area contributed by atoms with E-state index in [4.69, 9.17) is 4.74 Å². The van der Waals surface area contributed by atoms with Gasteiger partial charge in [0.2, 0.25) is 0 Å². The lowest BCUT2D eigenvalue weighted by atomic mass is 10.2. The molecule has 0 radical (unpaired) electrons. The molecule has 4 heteroatoms. The lowest BCUT2D eigenvalue weighted by Gasteiger charge is -2.20. The summed E-state index contributed by atoms with van der Waals surface area (Å²) in [7, 11) is 3.32. The number of methoxy groups -OCH3 is 1. The summed E-state index contributed by atoms with van der Waals surface area (Å²) in [4.78, 5) is 14.7. The number of rotatable bonds is 3. The number of hydrogen-bond acceptors (Lipinski definition) is 3. The van der Waals surface area contributed by atoms with Crippen molar-refractivity contribution in [3.63, 3.8) is 0 Å². The molecular weight excluding hydrogens is 258 g/mol.